The van der Waals surface area contributed by atoms with Gasteiger partial charge in [-0.3, -0.25) is 14.5 Å². The number of ether oxygens (including phenoxy) is 2. The van der Waals surface area contributed by atoms with Crippen molar-refractivity contribution >= 4 is 68.9 Å². The van der Waals surface area contributed by atoms with Crippen LogP contribution in [0.3, 0.4) is 0 Å². The Bertz CT molecular complexity index is 1990. The summed E-state index contributed by atoms with van der Waals surface area (Å²) in [7, 11) is 1.48. The van der Waals surface area contributed by atoms with Gasteiger partial charge in [0.1, 0.15) is 18.2 Å². The fraction of sp³-hybridized carbons (Fsp3) is 0.118. The second kappa shape index (κ2) is 14.1. The van der Waals surface area contributed by atoms with Gasteiger partial charge < -0.3 is 14.6 Å². The number of hydrogen-bond acceptors (Lipinski definition) is 9. The fourth-order valence-corrected chi connectivity index (χ4v) is 7.38. The van der Waals surface area contributed by atoms with E-state index in [1.54, 1.807) is 30.3 Å². The quantitative estimate of drug-likeness (QED) is 0.0507. The van der Waals surface area contributed by atoms with Crippen molar-refractivity contribution in [3.8, 4) is 11.5 Å². The summed E-state index contributed by atoms with van der Waals surface area (Å²) in [5.41, 5.74) is 2.19. The van der Waals surface area contributed by atoms with E-state index in [9.17, 15) is 19.1 Å². The minimum absolute atomic E-state index is 0.142. The van der Waals surface area contributed by atoms with E-state index in [2.05, 4.69) is 10.2 Å². The standard InChI is InChI=1S/C34H24Cl2FN3O5S2/c1-44-27-15-21(10-14-26(27)45-17-19-5-3-2-4-6-19)29-28(30(41)20-8-12-24(37)13-9-20)31(42)32(43)40(29)33-38-39-34(47-33)46-18-22-7-11-23(35)16-25(22)36/h2-16,29,41H,17-18H2,1H3/b30-28-. The Morgan fingerprint density at radius 3 is 2.47 bits per heavy atom. The van der Waals surface area contributed by atoms with Crippen molar-refractivity contribution in [2.45, 2.75) is 22.7 Å². The normalized spacial score (nSPS) is 15.7. The summed E-state index contributed by atoms with van der Waals surface area (Å²) in [4.78, 5) is 28.5. The van der Waals surface area contributed by atoms with E-state index in [0.717, 1.165) is 34.6 Å². The molecule has 47 heavy (non-hydrogen) atoms. The SMILES string of the molecule is COc1cc(C2/C(=C(/O)c3ccc(F)cc3)C(=O)C(=O)N2c2nnc(SCc3ccc(Cl)cc3Cl)s2)ccc1OCc1ccccc1. The number of carbonyl (C=O) groups excluding carboxylic acids is 2. The van der Waals surface area contributed by atoms with E-state index < -0.39 is 29.3 Å². The Morgan fingerprint density at radius 2 is 1.74 bits per heavy atom. The summed E-state index contributed by atoms with van der Waals surface area (Å²) in [5.74, 6) is -1.58. The van der Waals surface area contributed by atoms with E-state index in [4.69, 9.17) is 32.7 Å². The number of aromatic nitrogens is 2. The van der Waals surface area contributed by atoms with Crippen LogP contribution in [-0.4, -0.2) is 34.1 Å². The Balaban J connectivity index is 1.37. The lowest BCUT2D eigenvalue weighted by Crippen LogP contribution is -2.29. The fourth-order valence-electron chi connectivity index (χ4n) is 4.95. The number of carbonyl (C=O) groups is 2. The van der Waals surface area contributed by atoms with Gasteiger partial charge in [0.15, 0.2) is 15.8 Å². The summed E-state index contributed by atoms with van der Waals surface area (Å²) >= 11 is 14.8. The first kappa shape index (κ1) is 32.5. The van der Waals surface area contributed by atoms with Crippen molar-refractivity contribution in [3.63, 3.8) is 0 Å². The monoisotopic (exact) mass is 707 g/mol. The molecule has 1 amide bonds. The predicted molar refractivity (Wildman–Crippen MR) is 181 cm³/mol. The molecule has 1 aliphatic rings. The molecule has 0 spiro atoms. The number of hydrogen-bond donors (Lipinski definition) is 1. The van der Waals surface area contributed by atoms with E-state index in [-0.39, 0.29) is 22.9 Å². The highest BCUT2D eigenvalue weighted by molar-refractivity contribution is 8.00. The number of thioether (sulfide) groups is 1. The van der Waals surface area contributed by atoms with Crippen molar-refractivity contribution in [1.29, 1.82) is 0 Å². The molecule has 0 saturated carbocycles. The van der Waals surface area contributed by atoms with Crippen LogP contribution in [0, 0.1) is 5.82 Å². The van der Waals surface area contributed by atoms with Crippen molar-refractivity contribution in [2.24, 2.45) is 0 Å². The van der Waals surface area contributed by atoms with Crippen LogP contribution in [0.4, 0.5) is 9.52 Å². The lowest BCUT2D eigenvalue weighted by molar-refractivity contribution is -0.132. The van der Waals surface area contributed by atoms with Gasteiger partial charge in [-0.25, -0.2) is 4.39 Å². The number of anilines is 1. The number of aliphatic hydroxyl groups excluding tert-OH is 1. The van der Waals surface area contributed by atoms with Crippen LogP contribution in [0.2, 0.25) is 10.0 Å². The minimum Gasteiger partial charge on any atom is -0.507 e. The Morgan fingerprint density at radius 1 is 0.979 bits per heavy atom. The molecular formula is C34H24Cl2FN3O5S2. The average Bonchev–Trinajstić information content (AvgIpc) is 3.65. The highest BCUT2D eigenvalue weighted by Crippen LogP contribution is 2.46. The van der Waals surface area contributed by atoms with Crippen LogP contribution in [0.1, 0.15) is 28.3 Å². The van der Waals surface area contributed by atoms with Crippen molar-refractivity contribution < 1.29 is 28.6 Å². The highest BCUT2D eigenvalue weighted by Gasteiger charge is 2.48. The molecule has 5 aromatic rings. The first-order chi connectivity index (χ1) is 22.7. The molecule has 1 unspecified atom stereocenters. The number of methoxy groups -OCH3 is 1. The zero-order chi connectivity index (χ0) is 33.1. The Hall–Kier alpha value is -4.42. The first-order valence-electron chi connectivity index (χ1n) is 14.1. The molecule has 8 nitrogen and oxygen atoms in total. The number of halogens is 3. The molecule has 6 rings (SSSR count). The van der Waals surface area contributed by atoms with Crippen LogP contribution in [0.5, 0.6) is 11.5 Å². The summed E-state index contributed by atoms with van der Waals surface area (Å²) < 4.78 is 25.9. The third-order valence-electron chi connectivity index (χ3n) is 7.27. The lowest BCUT2D eigenvalue weighted by atomic mass is 9.95. The number of amides is 1. The zero-order valence-corrected chi connectivity index (χ0v) is 27.7. The van der Waals surface area contributed by atoms with Crippen LogP contribution in [0.25, 0.3) is 5.76 Å². The Kier molecular flexibility index (Phi) is 9.79. The molecule has 238 valence electrons. The van der Waals surface area contributed by atoms with Crippen LogP contribution >= 0.6 is 46.3 Å². The molecule has 1 aliphatic heterocycles. The molecule has 1 atom stereocenters. The largest absolute Gasteiger partial charge is 0.507 e. The molecule has 1 fully saturated rings. The van der Waals surface area contributed by atoms with Gasteiger partial charge in [-0.15, -0.1) is 10.2 Å². The number of ketones is 1. The second-order valence-electron chi connectivity index (χ2n) is 10.2. The van der Waals surface area contributed by atoms with Gasteiger partial charge in [0.25, 0.3) is 5.78 Å². The summed E-state index contributed by atoms with van der Waals surface area (Å²) in [6.07, 6.45) is 0. The average molecular weight is 709 g/mol. The molecule has 13 heteroatoms. The van der Waals surface area contributed by atoms with Crippen molar-refractivity contribution in [1.82, 2.24) is 10.2 Å². The second-order valence-corrected chi connectivity index (χ2v) is 13.3. The number of nitrogens with zero attached hydrogens (tertiary/aromatic N) is 3. The highest BCUT2D eigenvalue weighted by atomic mass is 35.5. The zero-order valence-electron chi connectivity index (χ0n) is 24.5. The third-order valence-corrected chi connectivity index (χ3v) is 9.96. The maximum absolute atomic E-state index is 13.7. The van der Waals surface area contributed by atoms with E-state index in [1.807, 2.05) is 36.4 Å². The third kappa shape index (κ3) is 6.98. The number of Topliss-reactive ketones (excluding diaryl/α,β-unsaturated/α-hetero) is 1. The summed E-state index contributed by atoms with van der Waals surface area (Å²) in [5, 5.41) is 21.0. The summed E-state index contributed by atoms with van der Waals surface area (Å²) in [6, 6.07) is 23.7. The molecule has 4 aromatic carbocycles. The minimum atomic E-state index is -1.12. The van der Waals surface area contributed by atoms with Gasteiger partial charge in [0.2, 0.25) is 5.13 Å². The van der Waals surface area contributed by atoms with E-state index in [1.165, 1.54) is 35.9 Å². The van der Waals surface area contributed by atoms with Gasteiger partial charge >= 0.3 is 5.91 Å². The smallest absolute Gasteiger partial charge is 0.301 e. The van der Waals surface area contributed by atoms with Crippen molar-refractivity contribution in [2.75, 3.05) is 12.0 Å². The van der Waals surface area contributed by atoms with Gasteiger partial charge in [-0.1, -0.05) is 88.8 Å². The predicted octanol–water partition coefficient (Wildman–Crippen LogP) is 8.49. The first-order valence-corrected chi connectivity index (χ1v) is 16.6. The van der Waals surface area contributed by atoms with Crippen LogP contribution in [0.15, 0.2) is 101 Å². The number of aliphatic hydroxyl groups is 1. The molecular weight excluding hydrogens is 684 g/mol. The van der Waals surface area contributed by atoms with Gasteiger partial charge in [-0.05, 0) is 65.2 Å². The number of rotatable bonds is 10. The maximum Gasteiger partial charge on any atom is 0.301 e. The molecule has 0 bridgehead atoms. The van der Waals surface area contributed by atoms with Crippen molar-refractivity contribution in [3.05, 3.63) is 135 Å². The molecule has 1 aromatic heterocycles. The molecule has 2 heterocycles. The summed E-state index contributed by atoms with van der Waals surface area (Å²) in [6.45, 7) is 0.284. The number of benzene rings is 4. The molecule has 0 radical (unpaired) electrons. The topological polar surface area (TPSA) is 102 Å². The van der Waals surface area contributed by atoms with Gasteiger partial charge in [0, 0.05) is 21.4 Å². The molecule has 1 N–H and O–H groups in total. The van der Waals surface area contributed by atoms with E-state index >= 15 is 0 Å². The molecule has 0 aliphatic carbocycles. The Labute approximate surface area is 287 Å². The van der Waals surface area contributed by atoms with E-state index in [0.29, 0.717) is 37.2 Å². The maximum atomic E-state index is 13.7. The molecule has 1 saturated heterocycles. The van der Waals surface area contributed by atoms with Crippen LogP contribution < -0.4 is 14.4 Å². The van der Waals surface area contributed by atoms with Crippen LogP contribution in [-0.2, 0) is 21.9 Å². The van der Waals surface area contributed by atoms with Gasteiger partial charge in [-0.2, -0.15) is 0 Å². The lowest BCUT2D eigenvalue weighted by Gasteiger charge is -2.23. The van der Waals surface area contributed by atoms with Gasteiger partial charge in [0.05, 0.1) is 18.7 Å².